The van der Waals surface area contributed by atoms with Crippen LogP contribution < -0.4 is 5.32 Å². The predicted octanol–water partition coefficient (Wildman–Crippen LogP) is -0.173. The molecule has 0 aliphatic carbocycles. The minimum Gasteiger partial charge on any atom is -0.355 e. The van der Waals surface area contributed by atoms with Crippen molar-refractivity contribution in [2.24, 2.45) is 0 Å². The molecular weight excluding hydrogens is 128 g/mol. The summed E-state index contributed by atoms with van der Waals surface area (Å²) in [6, 6.07) is 0.478. The summed E-state index contributed by atoms with van der Waals surface area (Å²) in [6.45, 7) is 3.79. The monoisotopic (exact) mass is 142 g/mol. The van der Waals surface area contributed by atoms with Crippen LogP contribution in [0.1, 0.15) is 13.3 Å². The molecule has 1 N–H and O–H groups in total. The van der Waals surface area contributed by atoms with Gasteiger partial charge in [0.15, 0.2) is 0 Å². The number of nitrogens with one attached hydrogen (secondary N) is 1. The number of rotatable bonds is 0. The maximum atomic E-state index is 10.8. The Kier molecular flexibility index (Phi) is 2.27. The Morgan fingerprint density at radius 3 is 3.10 bits per heavy atom. The Bertz CT molecular complexity index is 122. The van der Waals surface area contributed by atoms with E-state index in [2.05, 4.69) is 17.1 Å². The highest BCUT2D eigenvalue weighted by Gasteiger charge is 2.15. The molecule has 0 aromatic heterocycles. The predicted molar refractivity (Wildman–Crippen MR) is 39.7 cm³/mol. The first kappa shape index (κ1) is 7.54. The summed E-state index contributed by atoms with van der Waals surface area (Å²) in [6.07, 6.45) is 0.640. The van der Waals surface area contributed by atoms with E-state index in [-0.39, 0.29) is 5.91 Å². The lowest BCUT2D eigenvalue weighted by Crippen LogP contribution is -2.34. The molecule has 0 radical (unpaired) electrons. The van der Waals surface area contributed by atoms with Gasteiger partial charge in [0.1, 0.15) is 0 Å². The van der Waals surface area contributed by atoms with Crippen molar-refractivity contribution in [3.63, 3.8) is 0 Å². The van der Waals surface area contributed by atoms with Gasteiger partial charge in [-0.25, -0.2) is 0 Å². The van der Waals surface area contributed by atoms with E-state index in [1.165, 1.54) is 0 Å². The molecule has 0 aromatic carbocycles. The highest BCUT2D eigenvalue weighted by molar-refractivity contribution is 5.76. The Morgan fingerprint density at radius 2 is 2.40 bits per heavy atom. The molecule has 0 saturated carbocycles. The molecule has 1 aliphatic heterocycles. The molecule has 3 heteroatoms. The van der Waals surface area contributed by atoms with E-state index in [0.717, 1.165) is 13.1 Å². The SMILES string of the molecule is CC1CNC(=O)CCN1C. The van der Waals surface area contributed by atoms with Crippen LogP contribution in [-0.2, 0) is 4.79 Å². The van der Waals surface area contributed by atoms with Crippen molar-refractivity contribution < 1.29 is 4.79 Å². The molecule has 1 atom stereocenters. The lowest BCUT2D eigenvalue weighted by atomic mass is 10.3. The van der Waals surface area contributed by atoms with E-state index in [4.69, 9.17) is 0 Å². The molecule has 1 fully saturated rings. The van der Waals surface area contributed by atoms with Crippen molar-refractivity contribution in [2.75, 3.05) is 20.1 Å². The van der Waals surface area contributed by atoms with Gasteiger partial charge in [-0.05, 0) is 14.0 Å². The summed E-state index contributed by atoms with van der Waals surface area (Å²) in [7, 11) is 2.05. The first-order valence-electron chi connectivity index (χ1n) is 3.67. The van der Waals surface area contributed by atoms with Gasteiger partial charge in [0.25, 0.3) is 0 Å². The van der Waals surface area contributed by atoms with Crippen molar-refractivity contribution >= 4 is 5.91 Å². The summed E-state index contributed by atoms with van der Waals surface area (Å²) in [4.78, 5) is 13.0. The third-order valence-corrected chi connectivity index (χ3v) is 2.04. The normalized spacial score (nSPS) is 29.4. The molecule has 1 amide bonds. The molecule has 1 rings (SSSR count). The highest BCUT2D eigenvalue weighted by Crippen LogP contribution is 1.99. The van der Waals surface area contributed by atoms with Gasteiger partial charge in [0, 0.05) is 25.6 Å². The van der Waals surface area contributed by atoms with Crippen LogP contribution in [0.15, 0.2) is 0 Å². The quantitative estimate of drug-likeness (QED) is 0.509. The van der Waals surface area contributed by atoms with E-state index >= 15 is 0 Å². The summed E-state index contributed by atoms with van der Waals surface area (Å²) < 4.78 is 0. The Morgan fingerprint density at radius 1 is 1.70 bits per heavy atom. The molecule has 0 aromatic rings. The summed E-state index contributed by atoms with van der Waals surface area (Å²) >= 11 is 0. The van der Waals surface area contributed by atoms with Crippen molar-refractivity contribution in [3.05, 3.63) is 0 Å². The Balaban J connectivity index is 2.46. The maximum absolute atomic E-state index is 10.8. The van der Waals surface area contributed by atoms with Gasteiger partial charge in [-0.3, -0.25) is 4.79 Å². The van der Waals surface area contributed by atoms with Gasteiger partial charge in [-0.1, -0.05) is 0 Å². The molecule has 58 valence electrons. The number of amides is 1. The third kappa shape index (κ3) is 1.70. The molecule has 1 aliphatic rings. The van der Waals surface area contributed by atoms with Crippen LogP contribution in [0.3, 0.4) is 0 Å². The van der Waals surface area contributed by atoms with Crippen molar-refractivity contribution in [1.82, 2.24) is 10.2 Å². The van der Waals surface area contributed by atoms with E-state index in [0.29, 0.717) is 12.5 Å². The summed E-state index contributed by atoms with van der Waals surface area (Å²) in [5.74, 6) is 0.177. The van der Waals surface area contributed by atoms with Gasteiger partial charge in [-0.15, -0.1) is 0 Å². The van der Waals surface area contributed by atoms with E-state index in [9.17, 15) is 4.79 Å². The van der Waals surface area contributed by atoms with E-state index < -0.39 is 0 Å². The smallest absolute Gasteiger partial charge is 0.221 e. The summed E-state index contributed by atoms with van der Waals surface area (Å²) in [5.41, 5.74) is 0. The van der Waals surface area contributed by atoms with Gasteiger partial charge < -0.3 is 10.2 Å². The van der Waals surface area contributed by atoms with Crippen molar-refractivity contribution in [2.45, 2.75) is 19.4 Å². The molecule has 1 saturated heterocycles. The average Bonchev–Trinajstić information content (AvgIpc) is 2.04. The van der Waals surface area contributed by atoms with Crippen LogP contribution >= 0.6 is 0 Å². The number of nitrogens with zero attached hydrogens (tertiary/aromatic N) is 1. The number of hydrogen-bond acceptors (Lipinski definition) is 2. The second kappa shape index (κ2) is 3.01. The van der Waals surface area contributed by atoms with E-state index in [1.807, 2.05) is 7.05 Å². The largest absolute Gasteiger partial charge is 0.355 e. The Hall–Kier alpha value is -0.570. The molecule has 0 bridgehead atoms. The zero-order valence-corrected chi connectivity index (χ0v) is 6.55. The lowest BCUT2D eigenvalue weighted by Gasteiger charge is -2.19. The number of carbonyl (C=O) groups excluding carboxylic acids is 1. The summed E-state index contributed by atoms with van der Waals surface area (Å²) in [5, 5.41) is 2.84. The number of hydrogen-bond donors (Lipinski definition) is 1. The van der Waals surface area contributed by atoms with E-state index in [1.54, 1.807) is 0 Å². The lowest BCUT2D eigenvalue weighted by molar-refractivity contribution is -0.120. The minimum atomic E-state index is 0.177. The van der Waals surface area contributed by atoms with Crippen LogP contribution in [0.4, 0.5) is 0 Å². The first-order chi connectivity index (χ1) is 4.70. The fourth-order valence-corrected chi connectivity index (χ4v) is 1.00. The number of likely N-dealkylation sites (N-methyl/N-ethyl adjacent to an activating group) is 1. The maximum Gasteiger partial charge on any atom is 0.221 e. The van der Waals surface area contributed by atoms with Crippen LogP contribution in [0, 0.1) is 0 Å². The fourth-order valence-electron chi connectivity index (χ4n) is 1.00. The van der Waals surface area contributed by atoms with Crippen molar-refractivity contribution in [1.29, 1.82) is 0 Å². The van der Waals surface area contributed by atoms with Crippen LogP contribution in [0.5, 0.6) is 0 Å². The fraction of sp³-hybridized carbons (Fsp3) is 0.857. The Labute approximate surface area is 61.4 Å². The molecule has 0 spiro atoms. The zero-order valence-electron chi connectivity index (χ0n) is 6.55. The van der Waals surface area contributed by atoms with Gasteiger partial charge >= 0.3 is 0 Å². The third-order valence-electron chi connectivity index (χ3n) is 2.04. The second-order valence-corrected chi connectivity index (χ2v) is 2.88. The van der Waals surface area contributed by atoms with Crippen LogP contribution in [0.25, 0.3) is 0 Å². The first-order valence-corrected chi connectivity index (χ1v) is 3.67. The highest BCUT2D eigenvalue weighted by atomic mass is 16.1. The molecular formula is C7H14N2O. The molecule has 1 unspecified atom stereocenters. The van der Waals surface area contributed by atoms with Gasteiger partial charge in [0.2, 0.25) is 5.91 Å². The second-order valence-electron chi connectivity index (χ2n) is 2.88. The van der Waals surface area contributed by atoms with Crippen LogP contribution in [0.2, 0.25) is 0 Å². The minimum absolute atomic E-state index is 0.177. The van der Waals surface area contributed by atoms with Crippen molar-refractivity contribution in [3.8, 4) is 0 Å². The standard InChI is InChI=1S/C7H14N2O/c1-6-5-8-7(10)3-4-9(6)2/h6H,3-5H2,1-2H3,(H,8,10). The molecule has 10 heavy (non-hydrogen) atoms. The molecule has 1 heterocycles. The van der Waals surface area contributed by atoms with Crippen LogP contribution in [-0.4, -0.2) is 37.0 Å². The van der Waals surface area contributed by atoms with Gasteiger partial charge in [0.05, 0.1) is 0 Å². The average molecular weight is 142 g/mol. The number of carbonyl (C=O) groups is 1. The van der Waals surface area contributed by atoms with Gasteiger partial charge in [-0.2, -0.15) is 0 Å². The topological polar surface area (TPSA) is 32.3 Å². The zero-order chi connectivity index (χ0) is 7.56. The molecule has 3 nitrogen and oxygen atoms in total.